The number of anilines is 4. The molecule has 2 amide bonds. The maximum Gasteiger partial charge on any atom is 0.227 e. The number of H-pyrrole nitrogens is 2. The Bertz CT molecular complexity index is 1800. The third-order valence-corrected chi connectivity index (χ3v) is 10.4. The molecule has 8 N–H and O–H groups in total. The summed E-state index contributed by atoms with van der Waals surface area (Å²) in [4.78, 5) is 44.8. The summed E-state index contributed by atoms with van der Waals surface area (Å²) in [5, 5.41) is 7.67. The first-order chi connectivity index (χ1) is 23.3. The van der Waals surface area contributed by atoms with E-state index < -0.39 is 0 Å². The third-order valence-electron chi connectivity index (χ3n) is 9.53. The Balaban J connectivity index is 0.000000152. The molecule has 14 heteroatoms. The average Bonchev–Trinajstić information content (AvgIpc) is 4.01. The summed E-state index contributed by atoms with van der Waals surface area (Å²) in [7, 11) is 0. The van der Waals surface area contributed by atoms with Crippen molar-refractivity contribution in [2.45, 2.75) is 75.3 Å². The standard InChI is InChI=1S/C18H25N5OS.C16H20FN5O/c1-2-25-14-9-21-17-15(16(14)23-7-3-4-12(19)10-23)13(8-20-17)22-18(24)11-5-6-11;17-11-6-19-15-13(14(11)22-5-1-2-10(18)8-22)12(7-20-15)21-16(23)9-3-4-9/h8-9,11-12H,2-7,10,19H2,1H3,(H,20,21)(H,22,24);6-7,9-10H,1-5,8,18H2,(H,19,20)(H,21,23)/t12-;10-/m11/s1. The van der Waals surface area contributed by atoms with E-state index >= 15 is 0 Å². The van der Waals surface area contributed by atoms with Crippen molar-refractivity contribution in [3.63, 3.8) is 0 Å². The zero-order chi connectivity index (χ0) is 33.4. The zero-order valence-corrected chi connectivity index (χ0v) is 28.2. The van der Waals surface area contributed by atoms with Gasteiger partial charge in [0.25, 0.3) is 0 Å². The molecule has 12 nitrogen and oxygen atoms in total. The van der Waals surface area contributed by atoms with Crippen LogP contribution >= 0.6 is 11.8 Å². The van der Waals surface area contributed by atoms with Crippen LogP contribution in [-0.2, 0) is 9.59 Å². The molecule has 4 aromatic heterocycles. The number of nitrogens with two attached hydrogens (primary N) is 2. The van der Waals surface area contributed by atoms with Gasteiger partial charge >= 0.3 is 0 Å². The Morgan fingerprint density at radius 2 is 1.33 bits per heavy atom. The highest BCUT2D eigenvalue weighted by molar-refractivity contribution is 7.99. The Morgan fingerprint density at radius 1 is 0.833 bits per heavy atom. The lowest BCUT2D eigenvalue weighted by atomic mass is 10.1. The van der Waals surface area contributed by atoms with E-state index in [9.17, 15) is 14.0 Å². The minimum Gasteiger partial charge on any atom is -0.368 e. The van der Waals surface area contributed by atoms with Crippen LogP contribution in [0.3, 0.4) is 0 Å². The number of nitrogens with one attached hydrogen (secondary N) is 4. The molecule has 2 saturated carbocycles. The van der Waals surface area contributed by atoms with Crippen LogP contribution in [0.1, 0.15) is 58.3 Å². The fraction of sp³-hybridized carbons (Fsp3) is 0.529. The van der Waals surface area contributed by atoms with Gasteiger partial charge in [0, 0.05) is 73.6 Å². The summed E-state index contributed by atoms with van der Waals surface area (Å²) in [6.07, 6.45) is 14.6. The molecule has 2 aliphatic heterocycles. The number of halogens is 1. The number of hydrogen-bond acceptors (Lipinski definition) is 9. The second-order valence-electron chi connectivity index (χ2n) is 13.4. The van der Waals surface area contributed by atoms with Gasteiger partial charge in [-0.05, 0) is 57.1 Å². The summed E-state index contributed by atoms with van der Waals surface area (Å²) in [5.74, 6) is 0.987. The second-order valence-corrected chi connectivity index (χ2v) is 14.7. The Kier molecular flexibility index (Phi) is 9.47. The van der Waals surface area contributed by atoms with E-state index in [-0.39, 0.29) is 41.6 Å². The van der Waals surface area contributed by atoms with E-state index in [1.165, 1.54) is 11.9 Å². The van der Waals surface area contributed by atoms with Crippen LogP contribution in [0.4, 0.5) is 27.1 Å². The van der Waals surface area contributed by atoms with E-state index in [0.717, 1.165) is 98.4 Å². The smallest absolute Gasteiger partial charge is 0.227 e. The fourth-order valence-electron chi connectivity index (χ4n) is 6.79. The Hall–Kier alpha value is -3.88. The topological polar surface area (TPSA) is 174 Å². The van der Waals surface area contributed by atoms with Gasteiger partial charge in [0.15, 0.2) is 5.82 Å². The number of hydrogen-bond donors (Lipinski definition) is 6. The predicted molar refractivity (Wildman–Crippen MR) is 190 cm³/mol. The molecule has 4 aromatic rings. The van der Waals surface area contributed by atoms with E-state index in [1.54, 1.807) is 18.0 Å². The molecule has 0 bridgehead atoms. The lowest BCUT2D eigenvalue weighted by Crippen LogP contribution is -2.43. The highest BCUT2D eigenvalue weighted by Gasteiger charge is 2.32. The number of rotatable bonds is 8. The molecule has 4 aliphatic rings. The van der Waals surface area contributed by atoms with Gasteiger partial charge in [0.1, 0.15) is 11.3 Å². The minimum absolute atomic E-state index is 0.00328. The van der Waals surface area contributed by atoms with Crippen LogP contribution < -0.4 is 31.9 Å². The molecule has 0 radical (unpaired) electrons. The molecular weight excluding hydrogens is 632 g/mol. The fourth-order valence-corrected chi connectivity index (χ4v) is 7.59. The number of aromatic nitrogens is 4. The van der Waals surface area contributed by atoms with E-state index in [1.807, 2.05) is 17.3 Å². The van der Waals surface area contributed by atoms with E-state index in [2.05, 4.69) is 42.4 Å². The average molecular weight is 677 g/mol. The SMILES string of the molecule is CCSc1cnc2[nH]cc(NC(=O)C3CC3)c2c1N1CCC[C@@H](N)C1.N[C@@H]1CCCN(c2c(F)cnc3[nH]cc(NC(=O)C4CC4)c23)C1. The normalized spacial score (nSPS) is 21.2. The number of aromatic amines is 2. The number of carbonyl (C=O) groups is 2. The summed E-state index contributed by atoms with van der Waals surface area (Å²) in [5.41, 5.74) is 16.8. The van der Waals surface area contributed by atoms with Crippen LogP contribution in [0.15, 0.2) is 29.7 Å². The first-order valence-corrected chi connectivity index (χ1v) is 18.2. The molecule has 2 saturated heterocycles. The van der Waals surface area contributed by atoms with Gasteiger partial charge < -0.3 is 41.9 Å². The number of pyridine rings is 2. The second kappa shape index (κ2) is 13.9. The first-order valence-electron chi connectivity index (χ1n) is 17.2. The molecule has 0 aromatic carbocycles. The van der Waals surface area contributed by atoms with Crippen molar-refractivity contribution in [3.05, 3.63) is 30.6 Å². The van der Waals surface area contributed by atoms with Gasteiger partial charge in [-0.2, -0.15) is 0 Å². The lowest BCUT2D eigenvalue weighted by molar-refractivity contribution is -0.118. The molecule has 4 fully saturated rings. The summed E-state index contributed by atoms with van der Waals surface area (Å²) < 4.78 is 14.5. The first kappa shape index (κ1) is 32.7. The number of carbonyl (C=O) groups excluding carboxylic acids is 2. The highest BCUT2D eigenvalue weighted by Crippen LogP contribution is 2.42. The van der Waals surface area contributed by atoms with Crippen molar-refractivity contribution >= 4 is 68.4 Å². The van der Waals surface area contributed by atoms with Crippen LogP contribution in [0, 0.1) is 17.7 Å². The van der Waals surface area contributed by atoms with Gasteiger partial charge in [-0.15, -0.1) is 11.8 Å². The monoisotopic (exact) mass is 676 g/mol. The molecule has 48 heavy (non-hydrogen) atoms. The molecule has 2 aliphatic carbocycles. The molecule has 6 heterocycles. The largest absolute Gasteiger partial charge is 0.368 e. The lowest BCUT2D eigenvalue weighted by Gasteiger charge is -2.34. The molecule has 0 unspecified atom stereocenters. The quantitative estimate of drug-likeness (QED) is 0.142. The number of amides is 2. The van der Waals surface area contributed by atoms with Crippen molar-refractivity contribution in [3.8, 4) is 0 Å². The van der Waals surface area contributed by atoms with Gasteiger partial charge in [0.2, 0.25) is 11.8 Å². The van der Waals surface area contributed by atoms with Gasteiger partial charge in [0.05, 0.1) is 39.7 Å². The number of fused-ring (bicyclic) bond motifs is 2. The zero-order valence-electron chi connectivity index (χ0n) is 27.4. The Labute approximate surface area is 283 Å². The van der Waals surface area contributed by atoms with Crippen LogP contribution in [0.5, 0.6) is 0 Å². The minimum atomic E-state index is -0.381. The molecule has 8 rings (SSSR count). The van der Waals surface area contributed by atoms with Crippen molar-refractivity contribution in [1.29, 1.82) is 0 Å². The highest BCUT2D eigenvalue weighted by atomic mass is 32.2. The summed E-state index contributed by atoms with van der Waals surface area (Å²) in [6.45, 7) is 5.35. The van der Waals surface area contributed by atoms with Crippen molar-refractivity contribution in [1.82, 2.24) is 19.9 Å². The van der Waals surface area contributed by atoms with E-state index in [4.69, 9.17) is 11.5 Å². The van der Waals surface area contributed by atoms with Gasteiger partial charge in [-0.25, -0.2) is 14.4 Å². The molecular formula is C34H45FN10O2S. The molecule has 0 spiro atoms. The van der Waals surface area contributed by atoms with Crippen molar-refractivity contribution < 1.29 is 14.0 Å². The summed E-state index contributed by atoms with van der Waals surface area (Å²) in [6, 6.07) is 0.231. The van der Waals surface area contributed by atoms with E-state index in [0.29, 0.717) is 29.0 Å². The van der Waals surface area contributed by atoms with Crippen LogP contribution in [0.25, 0.3) is 22.1 Å². The number of piperidine rings is 2. The van der Waals surface area contributed by atoms with Crippen molar-refractivity contribution in [2.75, 3.05) is 52.4 Å². The van der Waals surface area contributed by atoms with Gasteiger partial charge in [-0.1, -0.05) is 6.92 Å². The van der Waals surface area contributed by atoms with Gasteiger partial charge in [-0.3, -0.25) is 9.59 Å². The Morgan fingerprint density at radius 3 is 1.83 bits per heavy atom. The maximum atomic E-state index is 14.5. The maximum absolute atomic E-state index is 14.5. The van der Waals surface area contributed by atoms with Crippen LogP contribution in [-0.4, -0.2) is 75.8 Å². The number of thioether (sulfide) groups is 1. The molecule has 2 atom stereocenters. The molecule has 256 valence electrons. The van der Waals surface area contributed by atoms with Crippen LogP contribution in [0.2, 0.25) is 0 Å². The summed E-state index contributed by atoms with van der Waals surface area (Å²) >= 11 is 1.79. The van der Waals surface area contributed by atoms with Crippen molar-refractivity contribution in [2.24, 2.45) is 23.3 Å². The third kappa shape index (κ3) is 6.96. The number of nitrogens with zero attached hydrogens (tertiary/aromatic N) is 4. The predicted octanol–water partition coefficient (Wildman–Crippen LogP) is 4.93.